The van der Waals surface area contributed by atoms with Gasteiger partial charge in [-0.15, -0.1) is 0 Å². The van der Waals surface area contributed by atoms with E-state index in [1.165, 1.54) is 180 Å². The maximum absolute atomic E-state index is 12.9. The average Bonchev–Trinajstić information content (AvgIpc) is 3.32. The second kappa shape index (κ2) is 47.8. The van der Waals surface area contributed by atoms with Gasteiger partial charge in [-0.05, 0) is 89.1 Å². The summed E-state index contributed by atoms with van der Waals surface area (Å²) in [5, 5.41) is 9.93. The van der Waals surface area contributed by atoms with Crippen molar-refractivity contribution in [1.82, 2.24) is 9.80 Å². The molecule has 0 aromatic carbocycles. The van der Waals surface area contributed by atoms with Crippen LogP contribution in [-0.4, -0.2) is 98.6 Å². The van der Waals surface area contributed by atoms with Crippen LogP contribution < -0.4 is 0 Å². The number of hydrogen-bond acceptors (Lipinski definition) is 8. The zero-order valence-corrected chi connectivity index (χ0v) is 44.1. The van der Waals surface area contributed by atoms with Crippen molar-refractivity contribution in [1.29, 1.82) is 0 Å². The highest BCUT2D eigenvalue weighted by Crippen LogP contribution is 2.23. The van der Waals surface area contributed by atoms with Crippen LogP contribution in [0.2, 0.25) is 0 Å². The lowest BCUT2D eigenvalue weighted by molar-refractivity contribution is -0.146. The highest BCUT2D eigenvalue weighted by molar-refractivity contribution is 5.69. The molecule has 1 aliphatic rings. The van der Waals surface area contributed by atoms with Crippen molar-refractivity contribution < 1.29 is 28.9 Å². The van der Waals surface area contributed by atoms with Crippen molar-refractivity contribution >= 4 is 11.9 Å². The average molecular weight is 922 g/mol. The monoisotopic (exact) mass is 921 g/mol. The number of aliphatic hydroxyl groups is 1. The van der Waals surface area contributed by atoms with Crippen LogP contribution >= 0.6 is 0 Å². The van der Waals surface area contributed by atoms with Crippen molar-refractivity contribution in [2.75, 3.05) is 65.8 Å². The second-order valence-electron chi connectivity index (χ2n) is 20.4. The van der Waals surface area contributed by atoms with Gasteiger partial charge in [0.15, 0.2) is 0 Å². The summed E-state index contributed by atoms with van der Waals surface area (Å²) >= 11 is 0. The van der Waals surface area contributed by atoms with Gasteiger partial charge >= 0.3 is 11.9 Å². The van der Waals surface area contributed by atoms with Crippen LogP contribution in [0.25, 0.3) is 0 Å². The summed E-state index contributed by atoms with van der Waals surface area (Å²) in [5.74, 6) is 0.989. The summed E-state index contributed by atoms with van der Waals surface area (Å²) in [4.78, 5) is 30.7. The van der Waals surface area contributed by atoms with Gasteiger partial charge < -0.3 is 19.3 Å². The van der Waals surface area contributed by atoms with E-state index in [0.717, 1.165) is 90.8 Å². The summed E-state index contributed by atoms with van der Waals surface area (Å²) in [6, 6.07) is 0.530. The fourth-order valence-electron chi connectivity index (χ4n) is 9.86. The van der Waals surface area contributed by atoms with Gasteiger partial charge in [0, 0.05) is 51.7 Å². The van der Waals surface area contributed by atoms with Crippen molar-refractivity contribution in [3.8, 4) is 0 Å². The van der Waals surface area contributed by atoms with Crippen LogP contribution in [0.5, 0.6) is 0 Å². The number of hydrogen-bond donors (Lipinski definition) is 1. The fraction of sp³-hybridized carbons (Fsp3) is 0.965. The molecule has 0 saturated carbocycles. The van der Waals surface area contributed by atoms with E-state index in [1.807, 2.05) is 0 Å². The standard InChI is InChI=1S/C57H112N2O6/c1-5-9-13-17-21-27-35-53(36-28-22-18-14-10-6-2)51-64-56(61)39-31-25-33-43-58(47-48-60)45-46-59(55-41-49-63-50-42-55)44-34-26-32-40-57(62)65-52-54(37-29-23-19-15-11-7-3)38-30-24-20-16-12-8-4/h53-55,60H,5-52H2,1-4H3. The lowest BCUT2D eigenvalue weighted by Gasteiger charge is -2.36. The molecule has 0 aromatic heterocycles. The first-order valence-corrected chi connectivity index (χ1v) is 28.9. The lowest BCUT2D eigenvalue weighted by Crippen LogP contribution is -2.44. The Morgan fingerprint density at radius 2 is 0.831 bits per heavy atom. The normalized spacial score (nSPS) is 13.6. The van der Waals surface area contributed by atoms with Gasteiger partial charge in [0.2, 0.25) is 0 Å². The molecule has 8 heteroatoms. The molecule has 0 spiro atoms. The molecule has 0 radical (unpaired) electrons. The third-order valence-corrected chi connectivity index (χ3v) is 14.3. The zero-order valence-electron chi connectivity index (χ0n) is 44.1. The summed E-state index contributed by atoms with van der Waals surface area (Å²) in [6.07, 6.45) is 45.4. The summed E-state index contributed by atoms with van der Waals surface area (Å²) in [7, 11) is 0. The maximum atomic E-state index is 12.9. The Balaban J connectivity index is 2.45. The van der Waals surface area contributed by atoms with Crippen LogP contribution in [0.4, 0.5) is 0 Å². The van der Waals surface area contributed by atoms with E-state index in [-0.39, 0.29) is 18.5 Å². The molecular formula is C57H112N2O6. The predicted octanol–water partition coefficient (Wildman–Crippen LogP) is 15.2. The Morgan fingerprint density at radius 1 is 0.462 bits per heavy atom. The molecule has 1 fully saturated rings. The van der Waals surface area contributed by atoms with Gasteiger partial charge in [-0.25, -0.2) is 0 Å². The summed E-state index contributed by atoms with van der Waals surface area (Å²) in [6.45, 7) is 16.7. The van der Waals surface area contributed by atoms with Gasteiger partial charge in [0.25, 0.3) is 0 Å². The summed E-state index contributed by atoms with van der Waals surface area (Å²) < 4.78 is 17.5. The Bertz CT molecular complexity index is 976. The number of unbranched alkanes of at least 4 members (excludes halogenated alkanes) is 24. The molecule has 0 bridgehead atoms. The molecule has 65 heavy (non-hydrogen) atoms. The van der Waals surface area contributed by atoms with Crippen molar-refractivity contribution in [3.63, 3.8) is 0 Å². The highest BCUT2D eigenvalue weighted by atomic mass is 16.5. The quantitative estimate of drug-likeness (QED) is 0.0477. The molecule has 8 nitrogen and oxygen atoms in total. The molecule has 1 heterocycles. The van der Waals surface area contributed by atoms with Gasteiger partial charge in [-0.2, -0.15) is 0 Å². The molecule has 1 rings (SSSR count). The van der Waals surface area contributed by atoms with Gasteiger partial charge in [0.1, 0.15) is 0 Å². The van der Waals surface area contributed by atoms with Crippen LogP contribution in [0.15, 0.2) is 0 Å². The van der Waals surface area contributed by atoms with Crippen molar-refractivity contribution in [2.45, 2.75) is 278 Å². The van der Waals surface area contributed by atoms with E-state index >= 15 is 0 Å². The number of nitrogens with zero attached hydrogens (tertiary/aromatic N) is 2. The molecule has 0 atom stereocenters. The lowest BCUT2D eigenvalue weighted by atomic mass is 9.94. The maximum Gasteiger partial charge on any atom is 0.305 e. The van der Waals surface area contributed by atoms with E-state index in [0.29, 0.717) is 50.5 Å². The number of aliphatic hydroxyl groups excluding tert-OH is 1. The number of carbonyl (C=O) groups is 2. The minimum Gasteiger partial charge on any atom is -0.465 e. The van der Waals surface area contributed by atoms with Gasteiger partial charge in [-0.3, -0.25) is 19.4 Å². The molecule has 0 aliphatic carbocycles. The molecule has 0 aromatic rings. The highest BCUT2D eigenvalue weighted by Gasteiger charge is 2.22. The Kier molecular flexibility index (Phi) is 45.5. The van der Waals surface area contributed by atoms with Gasteiger partial charge in [0.05, 0.1) is 19.8 Å². The molecule has 1 N–H and O–H groups in total. The Morgan fingerprint density at radius 3 is 1.23 bits per heavy atom. The van der Waals surface area contributed by atoms with E-state index in [9.17, 15) is 14.7 Å². The molecule has 1 saturated heterocycles. The SMILES string of the molecule is CCCCCCCCC(CCCCCCCC)COC(=O)CCCCCN(CCO)CCN(CCCCCC(=O)OCC(CCCCCCCC)CCCCCCCC)C1CCOCC1. The minimum absolute atomic E-state index is 0.00930. The number of esters is 2. The van der Waals surface area contributed by atoms with E-state index in [1.54, 1.807) is 0 Å². The van der Waals surface area contributed by atoms with E-state index < -0.39 is 0 Å². The summed E-state index contributed by atoms with van der Waals surface area (Å²) in [5.41, 5.74) is 0. The zero-order chi connectivity index (χ0) is 47.1. The first kappa shape index (κ1) is 61.8. The number of ether oxygens (including phenoxy) is 3. The number of carbonyl (C=O) groups excluding carboxylic acids is 2. The molecule has 386 valence electrons. The Hall–Kier alpha value is -1.22. The topological polar surface area (TPSA) is 88.5 Å². The second-order valence-corrected chi connectivity index (χ2v) is 20.4. The molecular weight excluding hydrogens is 809 g/mol. The third kappa shape index (κ3) is 39.3. The first-order chi connectivity index (χ1) is 32.0. The van der Waals surface area contributed by atoms with Crippen LogP contribution in [-0.2, 0) is 23.8 Å². The molecule has 0 amide bonds. The molecule has 1 aliphatic heterocycles. The fourth-order valence-corrected chi connectivity index (χ4v) is 9.86. The third-order valence-electron chi connectivity index (χ3n) is 14.3. The number of rotatable bonds is 50. The van der Waals surface area contributed by atoms with Crippen molar-refractivity contribution in [2.24, 2.45) is 11.8 Å². The van der Waals surface area contributed by atoms with E-state index in [2.05, 4.69) is 37.5 Å². The van der Waals surface area contributed by atoms with Crippen molar-refractivity contribution in [3.05, 3.63) is 0 Å². The molecule has 0 unspecified atom stereocenters. The van der Waals surface area contributed by atoms with Crippen LogP contribution in [0, 0.1) is 11.8 Å². The van der Waals surface area contributed by atoms with Crippen LogP contribution in [0.3, 0.4) is 0 Å². The predicted molar refractivity (Wildman–Crippen MR) is 277 cm³/mol. The van der Waals surface area contributed by atoms with Gasteiger partial charge in [-0.1, -0.05) is 195 Å². The minimum atomic E-state index is -0.0247. The largest absolute Gasteiger partial charge is 0.465 e. The first-order valence-electron chi connectivity index (χ1n) is 28.9. The van der Waals surface area contributed by atoms with E-state index in [4.69, 9.17) is 14.2 Å². The smallest absolute Gasteiger partial charge is 0.305 e. The van der Waals surface area contributed by atoms with Crippen LogP contribution in [0.1, 0.15) is 272 Å². The Labute approximate surface area is 404 Å².